The van der Waals surface area contributed by atoms with Gasteiger partial charge in [-0.3, -0.25) is 0 Å². The van der Waals surface area contributed by atoms with E-state index >= 15 is 0 Å². The van der Waals surface area contributed by atoms with Crippen LogP contribution in [0, 0.1) is 0 Å². The van der Waals surface area contributed by atoms with E-state index in [0.717, 1.165) is 30.1 Å². The third-order valence-corrected chi connectivity index (χ3v) is 4.14. The number of imidazole rings is 1. The second-order valence-electron chi connectivity index (χ2n) is 5.65. The Bertz CT molecular complexity index is 759. The van der Waals surface area contributed by atoms with Crippen molar-refractivity contribution in [3.63, 3.8) is 0 Å². The Kier molecular flexibility index (Phi) is 3.04. The van der Waals surface area contributed by atoms with Crippen molar-refractivity contribution in [2.45, 2.75) is 25.0 Å². The molecule has 1 aliphatic carbocycles. The molecule has 2 aromatic heterocycles. The summed E-state index contributed by atoms with van der Waals surface area (Å²) in [6, 6.07) is 10.2. The molecule has 2 heterocycles. The van der Waals surface area contributed by atoms with Crippen molar-refractivity contribution in [2.75, 3.05) is 0 Å². The fraction of sp³-hybridized carbons (Fsp3) is 0.312. The van der Waals surface area contributed by atoms with Crippen LogP contribution in [0.25, 0.3) is 11.4 Å². The van der Waals surface area contributed by atoms with E-state index in [-0.39, 0.29) is 5.60 Å². The summed E-state index contributed by atoms with van der Waals surface area (Å²) in [6.45, 7) is 0.604. The monoisotopic (exact) mass is 295 g/mol. The van der Waals surface area contributed by atoms with E-state index in [4.69, 9.17) is 4.74 Å². The van der Waals surface area contributed by atoms with E-state index in [0.29, 0.717) is 6.61 Å². The van der Waals surface area contributed by atoms with Crippen molar-refractivity contribution in [2.24, 2.45) is 7.05 Å². The van der Waals surface area contributed by atoms with Gasteiger partial charge in [0.15, 0.2) is 0 Å². The van der Waals surface area contributed by atoms with Crippen LogP contribution in [-0.4, -0.2) is 25.0 Å². The maximum Gasteiger partial charge on any atom is 0.141 e. The predicted molar refractivity (Wildman–Crippen MR) is 80.7 cm³/mol. The van der Waals surface area contributed by atoms with Crippen molar-refractivity contribution in [1.29, 1.82) is 0 Å². The normalized spacial score (nSPS) is 15.9. The third-order valence-electron chi connectivity index (χ3n) is 4.14. The van der Waals surface area contributed by atoms with Gasteiger partial charge < -0.3 is 9.30 Å². The van der Waals surface area contributed by atoms with Gasteiger partial charge >= 0.3 is 0 Å². The largest absolute Gasteiger partial charge is 0.362 e. The molecule has 0 atom stereocenters. The Balaban J connectivity index is 1.57. The number of aromatic amines is 1. The molecule has 1 saturated carbocycles. The molecule has 0 saturated heterocycles. The molecule has 0 bridgehead atoms. The number of rotatable bonds is 5. The summed E-state index contributed by atoms with van der Waals surface area (Å²) >= 11 is 0. The van der Waals surface area contributed by atoms with Crippen molar-refractivity contribution in [1.82, 2.24) is 25.0 Å². The molecule has 3 aromatic rings. The van der Waals surface area contributed by atoms with Gasteiger partial charge in [-0.05, 0) is 18.4 Å². The molecule has 1 fully saturated rings. The Morgan fingerprint density at radius 1 is 1.23 bits per heavy atom. The standard InChI is InChI=1S/C16H17N5O/c1-21-14(13-9-18-20-19-13)10-17-15(21)16(7-8-16)22-11-12-5-3-2-4-6-12/h2-6,9-10H,7-8,11H2,1H3,(H,18,19,20). The maximum atomic E-state index is 6.20. The Morgan fingerprint density at radius 3 is 2.73 bits per heavy atom. The molecule has 4 rings (SSSR count). The highest BCUT2D eigenvalue weighted by atomic mass is 16.5. The number of hydrogen-bond acceptors (Lipinski definition) is 4. The molecule has 0 amide bonds. The zero-order chi connectivity index (χ0) is 15.0. The Labute approximate surface area is 128 Å². The van der Waals surface area contributed by atoms with Crippen LogP contribution in [0.15, 0.2) is 42.7 Å². The second-order valence-corrected chi connectivity index (χ2v) is 5.65. The topological polar surface area (TPSA) is 68.6 Å². The van der Waals surface area contributed by atoms with Crippen LogP contribution in [0.4, 0.5) is 0 Å². The lowest BCUT2D eigenvalue weighted by molar-refractivity contribution is 0.00934. The van der Waals surface area contributed by atoms with Gasteiger partial charge in [0.2, 0.25) is 0 Å². The highest BCUT2D eigenvalue weighted by Gasteiger charge is 2.49. The fourth-order valence-electron chi connectivity index (χ4n) is 2.74. The Morgan fingerprint density at radius 2 is 2.05 bits per heavy atom. The molecular weight excluding hydrogens is 278 g/mol. The number of nitrogens with zero attached hydrogens (tertiary/aromatic N) is 4. The van der Waals surface area contributed by atoms with E-state index in [1.165, 1.54) is 5.56 Å². The van der Waals surface area contributed by atoms with Crippen molar-refractivity contribution >= 4 is 0 Å². The summed E-state index contributed by atoms with van der Waals surface area (Å²) in [5, 5.41) is 10.6. The van der Waals surface area contributed by atoms with Crippen molar-refractivity contribution in [3.8, 4) is 11.4 Å². The lowest BCUT2D eigenvalue weighted by Gasteiger charge is -2.17. The SMILES string of the molecule is Cn1c(-c2cn[nH]n2)cnc1C1(OCc2ccccc2)CC1. The lowest BCUT2D eigenvalue weighted by atomic mass is 10.2. The first-order valence-corrected chi connectivity index (χ1v) is 7.35. The fourth-order valence-corrected chi connectivity index (χ4v) is 2.74. The first-order valence-electron chi connectivity index (χ1n) is 7.35. The number of H-pyrrole nitrogens is 1. The maximum absolute atomic E-state index is 6.20. The van der Waals surface area contributed by atoms with Gasteiger partial charge in [0.25, 0.3) is 0 Å². The Hall–Kier alpha value is -2.47. The van der Waals surface area contributed by atoms with Crippen molar-refractivity contribution < 1.29 is 4.74 Å². The number of hydrogen-bond donors (Lipinski definition) is 1. The zero-order valence-corrected chi connectivity index (χ0v) is 12.4. The summed E-state index contributed by atoms with van der Waals surface area (Å²) in [6.07, 6.45) is 5.54. The summed E-state index contributed by atoms with van der Waals surface area (Å²) < 4.78 is 8.25. The molecule has 0 aliphatic heterocycles. The summed E-state index contributed by atoms with van der Waals surface area (Å²) in [5.74, 6) is 0.960. The van der Waals surface area contributed by atoms with Gasteiger partial charge in [-0.1, -0.05) is 30.3 Å². The number of ether oxygens (including phenoxy) is 1. The first-order chi connectivity index (χ1) is 10.8. The molecule has 22 heavy (non-hydrogen) atoms. The van der Waals surface area contributed by atoms with E-state index < -0.39 is 0 Å². The number of aromatic nitrogens is 5. The highest BCUT2D eigenvalue weighted by Crippen LogP contribution is 2.49. The van der Waals surface area contributed by atoms with Crippen LogP contribution >= 0.6 is 0 Å². The first kappa shape index (κ1) is 13.2. The minimum Gasteiger partial charge on any atom is -0.362 e. The molecule has 6 heteroatoms. The van der Waals surface area contributed by atoms with Crippen LogP contribution in [0.3, 0.4) is 0 Å². The van der Waals surface area contributed by atoms with Crippen LogP contribution in [0.5, 0.6) is 0 Å². The highest BCUT2D eigenvalue weighted by molar-refractivity contribution is 5.52. The lowest BCUT2D eigenvalue weighted by Crippen LogP contribution is -2.17. The van der Waals surface area contributed by atoms with Crippen molar-refractivity contribution in [3.05, 3.63) is 54.1 Å². The van der Waals surface area contributed by atoms with E-state index in [1.807, 2.05) is 31.4 Å². The van der Waals surface area contributed by atoms with Crippen LogP contribution in [0.2, 0.25) is 0 Å². The van der Waals surface area contributed by atoms with E-state index in [9.17, 15) is 0 Å². The number of nitrogens with one attached hydrogen (secondary N) is 1. The molecule has 6 nitrogen and oxygen atoms in total. The van der Waals surface area contributed by atoms with Crippen LogP contribution in [-0.2, 0) is 24.0 Å². The molecule has 1 N–H and O–H groups in total. The van der Waals surface area contributed by atoms with Gasteiger partial charge in [0, 0.05) is 7.05 Å². The molecule has 1 aliphatic rings. The molecule has 1 aromatic carbocycles. The minimum absolute atomic E-state index is 0.257. The molecule has 112 valence electrons. The van der Waals surface area contributed by atoms with Gasteiger partial charge in [-0.25, -0.2) is 4.98 Å². The summed E-state index contributed by atoms with van der Waals surface area (Å²) in [4.78, 5) is 4.57. The predicted octanol–water partition coefficient (Wildman–Crippen LogP) is 2.41. The van der Waals surface area contributed by atoms with Gasteiger partial charge in [-0.2, -0.15) is 15.4 Å². The molecular formula is C16H17N5O. The van der Waals surface area contributed by atoms with Gasteiger partial charge in [0.1, 0.15) is 17.1 Å². The van der Waals surface area contributed by atoms with Crippen LogP contribution < -0.4 is 0 Å². The average molecular weight is 295 g/mol. The smallest absolute Gasteiger partial charge is 0.141 e. The third kappa shape index (κ3) is 2.21. The zero-order valence-electron chi connectivity index (χ0n) is 12.4. The number of benzene rings is 1. The van der Waals surface area contributed by atoms with Gasteiger partial charge in [-0.15, -0.1) is 0 Å². The summed E-state index contributed by atoms with van der Waals surface area (Å²) in [7, 11) is 2.00. The van der Waals surface area contributed by atoms with Crippen LogP contribution in [0.1, 0.15) is 24.2 Å². The quantitative estimate of drug-likeness (QED) is 0.785. The average Bonchev–Trinajstić information content (AvgIpc) is 2.96. The molecule has 0 spiro atoms. The van der Waals surface area contributed by atoms with E-state index in [2.05, 4.69) is 37.1 Å². The summed E-state index contributed by atoms with van der Waals surface area (Å²) in [5.41, 5.74) is 2.66. The van der Waals surface area contributed by atoms with E-state index in [1.54, 1.807) is 6.20 Å². The minimum atomic E-state index is -0.257. The second kappa shape index (κ2) is 5.06. The molecule has 0 unspecified atom stereocenters. The van der Waals surface area contributed by atoms with Gasteiger partial charge in [0.05, 0.1) is 24.7 Å². The molecule has 0 radical (unpaired) electrons.